The standard InChI is InChI=1S/C12H12N4O3/c1-8-2-3-14-10(4-8)15-6-9(5-13)12(19)16-7-11(17)18/h2-4,6H,7H2,1H3,(H,14,15)(H,16,19)(H,17,18)/b9-6-. The van der Waals surface area contributed by atoms with Crippen molar-refractivity contribution >= 4 is 17.7 Å². The van der Waals surface area contributed by atoms with Crippen LogP contribution in [0.5, 0.6) is 0 Å². The summed E-state index contributed by atoms with van der Waals surface area (Å²) in [6, 6.07) is 5.22. The van der Waals surface area contributed by atoms with Gasteiger partial charge in [0.15, 0.2) is 0 Å². The van der Waals surface area contributed by atoms with Crippen LogP contribution >= 0.6 is 0 Å². The van der Waals surface area contributed by atoms with Crippen molar-refractivity contribution in [1.82, 2.24) is 10.3 Å². The highest BCUT2D eigenvalue weighted by Crippen LogP contribution is 2.05. The second-order valence-corrected chi connectivity index (χ2v) is 3.61. The molecule has 0 saturated heterocycles. The summed E-state index contributed by atoms with van der Waals surface area (Å²) in [6.45, 7) is 1.34. The number of aromatic nitrogens is 1. The van der Waals surface area contributed by atoms with Crippen molar-refractivity contribution in [3.63, 3.8) is 0 Å². The van der Waals surface area contributed by atoms with E-state index in [1.54, 1.807) is 24.4 Å². The van der Waals surface area contributed by atoms with Crippen LogP contribution < -0.4 is 10.6 Å². The van der Waals surface area contributed by atoms with Crippen LogP contribution in [-0.4, -0.2) is 28.5 Å². The Balaban J connectivity index is 2.69. The molecule has 1 aromatic heterocycles. The number of carbonyl (C=O) groups is 2. The second kappa shape index (κ2) is 6.76. The summed E-state index contributed by atoms with van der Waals surface area (Å²) in [5.41, 5.74) is 0.740. The highest BCUT2D eigenvalue weighted by Gasteiger charge is 2.09. The van der Waals surface area contributed by atoms with E-state index in [1.165, 1.54) is 6.20 Å². The van der Waals surface area contributed by atoms with Crippen molar-refractivity contribution in [2.24, 2.45) is 0 Å². The number of hydrogen-bond acceptors (Lipinski definition) is 5. The number of carbonyl (C=O) groups excluding carboxylic acids is 1. The molecule has 0 aliphatic heterocycles. The molecule has 1 rings (SSSR count). The van der Waals surface area contributed by atoms with Gasteiger partial charge in [0.25, 0.3) is 5.91 Å². The monoisotopic (exact) mass is 260 g/mol. The minimum absolute atomic E-state index is 0.232. The maximum absolute atomic E-state index is 11.4. The molecule has 0 aliphatic rings. The van der Waals surface area contributed by atoms with E-state index in [1.807, 2.05) is 6.92 Å². The Morgan fingerprint density at radius 2 is 2.32 bits per heavy atom. The highest BCUT2D eigenvalue weighted by atomic mass is 16.4. The van der Waals surface area contributed by atoms with E-state index in [4.69, 9.17) is 10.4 Å². The zero-order chi connectivity index (χ0) is 14.3. The van der Waals surface area contributed by atoms with Crippen molar-refractivity contribution in [2.45, 2.75) is 6.92 Å². The number of carboxylic acids is 1. The zero-order valence-electron chi connectivity index (χ0n) is 10.2. The van der Waals surface area contributed by atoms with Crippen molar-refractivity contribution < 1.29 is 14.7 Å². The van der Waals surface area contributed by atoms with Gasteiger partial charge in [0.1, 0.15) is 24.0 Å². The number of aryl methyl sites for hydroxylation is 1. The van der Waals surface area contributed by atoms with Crippen LogP contribution in [0.15, 0.2) is 30.1 Å². The normalized spacial score (nSPS) is 10.4. The number of nitrogens with one attached hydrogen (secondary N) is 2. The molecular weight excluding hydrogens is 248 g/mol. The van der Waals surface area contributed by atoms with E-state index in [0.717, 1.165) is 5.56 Å². The predicted molar refractivity (Wildman–Crippen MR) is 66.9 cm³/mol. The van der Waals surface area contributed by atoms with Gasteiger partial charge in [-0.15, -0.1) is 0 Å². The van der Waals surface area contributed by atoms with E-state index in [2.05, 4.69) is 15.6 Å². The molecule has 0 aliphatic carbocycles. The minimum Gasteiger partial charge on any atom is -0.480 e. The number of aliphatic carboxylic acids is 1. The third-order valence-electron chi connectivity index (χ3n) is 2.05. The fraction of sp³-hybridized carbons (Fsp3) is 0.167. The van der Waals surface area contributed by atoms with Crippen molar-refractivity contribution in [2.75, 3.05) is 11.9 Å². The first-order valence-corrected chi connectivity index (χ1v) is 5.32. The third-order valence-corrected chi connectivity index (χ3v) is 2.05. The molecule has 19 heavy (non-hydrogen) atoms. The number of anilines is 1. The summed E-state index contributed by atoms with van der Waals surface area (Å²) in [4.78, 5) is 25.7. The Hall–Kier alpha value is -2.88. The van der Waals surface area contributed by atoms with E-state index in [-0.39, 0.29) is 5.57 Å². The van der Waals surface area contributed by atoms with E-state index < -0.39 is 18.4 Å². The molecule has 1 aromatic rings. The molecule has 3 N–H and O–H groups in total. The van der Waals surface area contributed by atoms with Gasteiger partial charge in [-0.25, -0.2) is 4.98 Å². The quantitative estimate of drug-likeness (QED) is 0.521. The van der Waals surface area contributed by atoms with Gasteiger partial charge in [-0.3, -0.25) is 9.59 Å². The zero-order valence-corrected chi connectivity index (χ0v) is 10.2. The number of pyridine rings is 1. The van der Waals surface area contributed by atoms with Crippen molar-refractivity contribution in [3.05, 3.63) is 35.7 Å². The first-order chi connectivity index (χ1) is 9.02. The molecule has 0 spiro atoms. The van der Waals surface area contributed by atoms with E-state index in [0.29, 0.717) is 5.82 Å². The lowest BCUT2D eigenvalue weighted by Gasteiger charge is -2.03. The SMILES string of the molecule is Cc1ccnc(N/C=C(/C#N)C(=O)NCC(=O)O)c1. The van der Waals surface area contributed by atoms with Crippen LogP contribution in [0.2, 0.25) is 0 Å². The fourth-order valence-corrected chi connectivity index (χ4v) is 1.16. The van der Waals surface area contributed by atoms with Crippen LogP contribution in [0.3, 0.4) is 0 Å². The van der Waals surface area contributed by atoms with Gasteiger partial charge in [0.05, 0.1) is 0 Å². The summed E-state index contributed by atoms with van der Waals surface area (Å²) in [5.74, 6) is -1.46. The van der Waals surface area contributed by atoms with Crippen LogP contribution in [0.4, 0.5) is 5.82 Å². The fourth-order valence-electron chi connectivity index (χ4n) is 1.16. The molecule has 0 saturated carbocycles. The highest BCUT2D eigenvalue weighted by molar-refractivity contribution is 5.98. The lowest BCUT2D eigenvalue weighted by molar-refractivity contribution is -0.137. The molecule has 0 unspecified atom stereocenters. The number of hydrogen-bond donors (Lipinski definition) is 3. The molecule has 0 atom stereocenters. The molecule has 1 amide bonds. The molecule has 7 heteroatoms. The molecule has 0 fully saturated rings. The topological polar surface area (TPSA) is 115 Å². The van der Waals surface area contributed by atoms with Gasteiger partial charge in [-0.2, -0.15) is 5.26 Å². The predicted octanol–water partition coefficient (Wildman–Crippen LogP) is 0.410. The number of nitriles is 1. The smallest absolute Gasteiger partial charge is 0.322 e. The van der Waals surface area contributed by atoms with Crippen LogP contribution in [0.25, 0.3) is 0 Å². The average molecular weight is 260 g/mol. The number of rotatable bonds is 5. The minimum atomic E-state index is -1.18. The number of carboxylic acid groups (broad SMARTS) is 1. The van der Waals surface area contributed by atoms with Gasteiger partial charge in [0, 0.05) is 12.4 Å². The Morgan fingerprint density at radius 3 is 2.89 bits per heavy atom. The van der Waals surface area contributed by atoms with Crippen LogP contribution in [0.1, 0.15) is 5.56 Å². The Morgan fingerprint density at radius 1 is 1.58 bits per heavy atom. The van der Waals surface area contributed by atoms with Gasteiger partial charge >= 0.3 is 5.97 Å². The molecular formula is C12H12N4O3. The molecule has 0 radical (unpaired) electrons. The lowest BCUT2D eigenvalue weighted by Crippen LogP contribution is -2.30. The molecule has 1 heterocycles. The van der Waals surface area contributed by atoms with Gasteiger partial charge in [0.2, 0.25) is 0 Å². The Labute approximate surface area is 109 Å². The maximum atomic E-state index is 11.4. The first kappa shape index (κ1) is 14.2. The molecule has 0 bridgehead atoms. The molecule has 0 aromatic carbocycles. The summed E-state index contributed by atoms with van der Waals surface area (Å²) >= 11 is 0. The lowest BCUT2D eigenvalue weighted by atomic mass is 10.3. The third kappa shape index (κ3) is 4.87. The summed E-state index contributed by atoms with van der Waals surface area (Å²) in [6.07, 6.45) is 2.76. The number of amides is 1. The van der Waals surface area contributed by atoms with E-state index >= 15 is 0 Å². The second-order valence-electron chi connectivity index (χ2n) is 3.61. The van der Waals surface area contributed by atoms with Crippen LogP contribution in [-0.2, 0) is 9.59 Å². The first-order valence-electron chi connectivity index (χ1n) is 5.32. The average Bonchev–Trinajstić information content (AvgIpc) is 2.37. The summed E-state index contributed by atoms with van der Waals surface area (Å²) < 4.78 is 0. The Kier molecular flexibility index (Phi) is 5.04. The number of nitrogens with zero attached hydrogens (tertiary/aromatic N) is 2. The molecule has 7 nitrogen and oxygen atoms in total. The maximum Gasteiger partial charge on any atom is 0.322 e. The summed E-state index contributed by atoms with van der Waals surface area (Å²) in [5, 5.41) is 22.0. The van der Waals surface area contributed by atoms with Gasteiger partial charge < -0.3 is 15.7 Å². The van der Waals surface area contributed by atoms with Gasteiger partial charge in [-0.05, 0) is 24.6 Å². The van der Waals surface area contributed by atoms with E-state index in [9.17, 15) is 9.59 Å². The summed E-state index contributed by atoms with van der Waals surface area (Å²) in [7, 11) is 0. The van der Waals surface area contributed by atoms with Crippen molar-refractivity contribution in [1.29, 1.82) is 5.26 Å². The van der Waals surface area contributed by atoms with Crippen molar-refractivity contribution in [3.8, 4) is 6.07 Å². The molecule has 98 valence electrons. The van der Waals surface area contributed by atoms with Gasteiger partial charge in [-0.1, -0.05) is 0 Å². The largest absolute Gasteiger partial charge is 0.480 e. The van der Waals surface area contributed by atoms with Crippen LogP contribution in [0, 0.1) is 18.3 Å². The Bertz CT molecular complexity index is 560.